The molecule has 3 aromatic rings. The molecule has 2 N–H and O–H groups in total. The Morgan fingerprint density at radius 3 is 2.96 bits per heavy atom. The number of aromatic nitrogens is 1. The van der Waals surface area contributed by atoms with Crippen LogP contribution < -0.4 is 10.6 Å². The maximum absolute atomic E-state index is 12.5. The van der Waals surface area contributed by atoms with E-state index in [4.69, 9.17) is 4.42 Å². The van der Waals surface area contributed by atoms with Gasteiger partial charge in [0.05, 0.1) is 6.20 Å². The van der Waals surface area contributed by atoms with Gasteiger partial charge in [0, 0.05) is 28.9 Å². The van der Waals surface area contributed by atoms with Gasteiger partial charge in [-0.3, -0.25) is 4.79 Å². The lowest BCUT2D eigenvalue weighted by Crippen LogP contribution is -2.43. The quantitative estimate of drug-likeness (QED) is 0.763. The summed E-state index contributed by atoms with van der Waals surface area (Å²) in [5.41, 5.74) is 1.98. The minimum atomic E-state index is -0.100. The Kier molecular flexibility index (Phi) is 2.73. The van der Waals surface area contributed by atoms with E-state index < -0.39 is 0 Å². The number of nitrogens with one attached hydrogen (secondary N) is 2. The van der Waals surface area contributed by atoms with Crippen LogP contribution in [0.2, 0.25) is 0 Å². The van der Waals surface area contributed by atoms with Gasteiger partial charge in [0.15, 0.2) is 5.58 Å². The molecule has 2 aliphatic heterocycles. The molecule has 5 heteroatoms. The SMILES string of the molecule is O=C(N[C@@H]1C[C@H]2CC[C@@H]1N2)c1cc2c(cn1)oc1ccccc12. The summed E-state index contributed by atoms with van der Waals surface area (Å²) in [4.78, 5) is 16.8. The summed E-state index contributed by atoms with van der Waals surface area (Å²) in [7, 11) is 0. The predicted octanol–water partition coefficient (Wildman–Crippen LogP) is 2.60. The first kappa shape index (κ1) is 13.1. The first-order valence-corrected chi connectivity index (χ1v) is 8.12. The van der Waals surface area contributed by atoms with E-state index in [1.807, 2.05) is 30.3 Å². The van der Waals surface area contributed by atoms with Gasteiger partial charge in [-0.2, -0.15) is 0 Å². The fourth-order valence-electron chi connectivity index (χ4n) is 3.98. The molecular formula is C18H17N3O2. The van der Waals surface area contributed by atoms with Crippen LogP contribution in [-0.4, -0.2) is 29.0 Å². The largest absolute Gasteiger partial charge is 0.454 e. The van der Waals surface area contributed by atoms with Crippen molar-refractivity contribution >= 4 is 27.8 Å². The molecule has 1 aromatic carbocycles. The number of carbonyl (C=O) groups excluding carboxylic acids is 1. The van der Waals surface area contributed by atoms with E-state index >= 15 is 0 Å². The molecule has 3 atom stereocenters. The second-order valence-corrected chi connectivity index (χ2v) is 6.53. The predicted molar refractivity (Wildman–Crippen MR) is 87.3 cm³/mol. The summed E-state index contributed by atoms with van der Waals surface area (Å²) in [5, 5.41) is 8.62. The molecule has 5 nitrogen and oxygen atoms in total. The van der Waals surface area contributed by atoms with Crippen LogP contribution in [0.5, 0.6) is 0 Å². The van der Waals surface area contributed by atoms with Gasteiger partial charge < -0.3 is 15.1 Å². The van der Waals surface area contributed by atoms with Crippen LogP contribution in [0.4, 0.5) is 0 Å². The summed E-state index contributed by atoms with van der Waals surface area (Å²) >= 11 is 0. The molecule has 2 aromatic heterocycles. The zero-order valence-corrected chi connectivity index (χ0v) is 12.6. The second kappa shape index (κ2) is 4.80. The number of furan rings is 1. The number of para-hydroxylation sites is 1. The number of amides is 1. The minimum absolute atomic E-state index is 0.100. The maximum atomic E-state index is 12.5. The number of benzene rings is 1. The number of hydrogen-bond donors (Lipinski definition) is 2. The highest BCUT2D eigenvalue weighted by Gasteiger charge is 2.39. The zero-order chi connectivity index (χ0) is 15.4. The zero-order valence-electron chi connectivity index (χ0n) is 12.6. The van der Waals surface area contributed by atoms with E-state index in [0.29, 0.717) is 23.4 Å². The van der Waals surface area contributed by atoms with E-state index in [2.05, 4.69) is 15.6 Å². The molecule has 2 fully saturated rings. The highest BCUT2D eigenvalue weighted by molar-refractivity contribution is 6.07. The van der Waals surface area contributed by atoms with Crippen LogP contribution in [0.3, 0.4) is 0 Å². The van der Waals surface area contributed by atoms with Crippen LogP contribution in [0, 0.1) is 0 Å². The van der Waals surface area contributed by atoms with Crippen molar-refractivity contribution in [3.8, 4) is 0 Å². The summed E-state index contributed by atoms with van der Waals surface area (Å²) in [6.07, 6.45) is 5.04. The number of pyridine rings is 1. The Balaban J connectivity index is 1.47. The number of rotatable bonds is 2. The Hall–Kier alpha value is -2.40. The van der Waals surface area contributed by atoms with Crippen molar-refractivity contribution in [1.82, 2.24) is 15.6 Å². The van der Waals surface area contributed by atoms with Crippen molar-refractivity contribution in [2.24, 2.45) is 0 Å². The topological polar surface area (TPSA) is 67.2 Å². The molecule has 1 amide bonds. The summed E-state index contributed by atoms with van der Waals surface area (Å²) in [6, 6.07) is 10.9. The number of fused-ring (bicyclic) bond motifs is 5. The van der Waals surface area contributed by atoms with Crippen molar-refractivity contribution in [2.75, 3.05) is 0 Å². The van der Waals surface area contributed by atoms with Gasteiger partial charge in [-0.25, -0.2) is 4.98 Å². The smallest absolute Gasteiger partial charge is 0.270 e. The second-order valence-electron chi connectivity index (χ2n) is 6.53. The fraction of sp³-hybridized carbons (Fsp3) is 0.333. The highest BCUT2D eigenvalue weighted by atomic mass is 16.3. The summed E-state index contributed by atoms with van der Waals surface area (Å²) in [6.45, 7) is 0. The van der Waals surface area contributed by atoms with Crippen molar-refractivity contribution in [1.29, 1.82) is 0 Å². The first-order valence-electron chi connectivity index (χ1n) is 8.12. The van der Waals surface area contributed by atoms with Gasteiger partial charge in [-0.15, -0.1) is 0 Å². The van der Waals surface area contributed by atoms with E-state index in [-0.39, 0.29) is 11.9 Å². The standard InChI is InChI=1S/C18H17N3O2/c22-18(21-14-7-10-5-6-13(14)20-10)15-8-12-11-3-1-2-4-16(11)23-17(12)9-19-15/h1-4,8-10,13-14,20H,5-7H2,(H,21,22)/t10-,13+,14-/m1/s1. The Morgan fingerprint density at radius 2 is 2.13 bits per heavy atom. The van der Waals surface area contributed by atoms with Crippen molar-refractivity contribution < 1.29 is 9.21 Å². The minimum Gasteiger partial charge on any atom is -0.454 e. The van der Waals surface area contributed by atoms with Gasteiger partial charge in [0.25, 0.3) is 5.91 Å². The molecule has 2 bridgehead atoms. The number of hydrogen-bond acceptors (Lipinski definition) is 4. The summed E-state index contributed by atoms with van der Waals surface area (Å²) in [5.74, 6) is -0.100. The van der Waals surface area contributed by atoms with E-state index in [9.17, 15) is 4.79 Å². The van der Waals surface area contributed by atoms with Crippen LogP contribution >= 0.6 is 0 Å². The van der Waals surface area contributed by atoms with Crippen LogP contribution in [0.25, 0.3) is 21.9 Å². The van der Waals surface area contributed by atoms with E-state index in [1.165, 1.54) is 6.42 Å². The van der Waals surface area contributed by atoms with Gasteiger partial charge in [-0.1, -0.05) is 18.2 Å². The molecule has 4 heterocycles. The van der Waals surface area contributed by atoms with Gasteiger partial charge in [0.1, 0.15) is 11.3 Å². The average molecular weight is 307 g/mol. The lowest BCUT2D eigenvalue weighted by Gasteiger charge is -2.21. The van der Waals surface area contributed by atoms with Gasteiger partial charge in [-0.05, 0) is 31.4 Å². The van der Waals surface area contributed by atoms with Crippen LogP contribution in [-0.2, 0) is 0 Å². The highest BCUT2D eigenvalue weighted by Crippen LogP contribution is 2.30. The molecule has 23 heavy (non-hydrogen) atoms. The molecule has 0 aliphatic carbocycles. The maximum Gasteiger partial charge on any atom is 0.270 e. The third-order valence-corrected chi connectivity index (χ3v) is 5.11. The Labute approximate surface area is 133 Å². The van der Waals surface area contributed by atoms with Crippen molar-refractivity contribution in [2.45, 2.75) is 37.4 Å². The average Bonchev–Trinajstić information content (AvgIpc) is 3.27. The van der Waals surface area contributed by atoms with Crippen molar-refractivity contribution in [3.63, 3.8) is 0 Å². The Morgan fingerprint density at radius 1 is 1.22 bits per heavy atom. The van der Waals surface area contributed by atoms with Crippen LogP contribution in [0.15, 0.2) is 40.9 Å². The molecule has 5 rings (SSSR count). The molecule has 2 saturated heterocycles. The molecule has 0 spiro atoms. The third kappa shape index (κ3) is 2.04. The number of nitrogens with zero attached hydrogens (tertiary/aromatic N) is 1. The molecule has 2 aliphatic rings. The van der Waals surface area contributed by atoms with Crippen LogP contribution in [0.1, 0.15) is 29.8 Å². The molecule has 0 saturated carbocycles. The fourth-order valence-corrected chi connectivity index (χ4v) is 3.98. The lowest BCUT2D eigenvalue weighted by molar-refractivity contribution is 0.0926. The van der Waals surface area contributed by atoms with Crippen molar-refractivity contribution in [3.05, 3.63) is 42.2 Å². The monoisotopic (exact) mass is 307 g/mol. The van der Waals surface area contributed by atoms with Gasteiger partial charge >= 0.3 is 0 Å². The molecule has 116 valence electrons. The third-order valence-electron chi connectivity index (χ3n) is 5.11. The first-order chi connectivity index (χ1) is 11.3. The number of carbonyl (C=O) groups is 1. The lowest BCUT2D eigenvalue weighted by atomic mass is 9.95. The molecule has 0 radical (unpaired) electrons. The molecular weight excluding hydrogens is 290 g/mol. The van der Waals surface area contributed by atoms with E-state index in [1.54, 1.807) is 6.20 Å². The normalized spacial score (nSPS) is 26.2. The Bertz CT molecular complexity index is 917. The van der Waals surface area contributed by atoms with E-state index in [0.717, 1.165) is 29.2 Å². The van der Waals surface area contributed by atoms with Gasteiger partial charge in [0.2, 0.25) is 0 Å². The molecule has 0 unspecified atom stereocenters. The summed E-state index contributed by atoms with van der Waals surface area (Å²) < 4.78 is 5.76.